The Kier molecular flexibility index (Phi) is 4.21. The van der Waals surface area contributed by atoms with E-state index >= 15 is 0 Å². The highest BCUT2D eigenvalue weighted by Gasteiger charge is 2.28. The molecule has 1 aliphatic heterocycles. The Labute approximate surface area is 109 Å². The van der Waals surface area contributed by atoms with Crippen molar-refractivity contribution in [3.05, 3.63) is 11.1 Å². The van der Waals surface area contributed by atoms with Gasteiger partial charge in [-0.15, -0.1) is 5.10 Å². The van der Waals surface area contributed by atoms with Crippen molar-refractivity contribution in [3.8, 4) is 0 Å². The van der Waals surface area contributed by atoms with Crippen LogP contribution < -0.4 is 11.1 Å². The van der Waals surface area contributed by atoms with E-state index in [0.29, 0.717) is 4.88 Å². The molecule has 2 heterocycles. The molecule has 8 heteroatoms. The third-order valence-electron chi connectivity index (χ3n) is 2.91. The van der Waals surface area contributed by atoms with E-state index in [1.165, 1.54) is 6.20 Å². The molecule has 0 aromatic carbocycles. The van der Waals surface area contributed by atoms with Crippen LogP contribution in [0.1, 0.15) is 22.5 Å². The molecule has 1 aliphatic rings. The lowest BCUT2D eigenvalue weighted by atomic mass is 10.0. The zero-order chi connectivity index (χ0) is 13.0. The van der Waals surface area contributed by atoms with Gasteiger partial charge in [0.1, 0.15) is 4.88 Å². The van der Waals surface area contributed by atoms with Crippen LogP contribution in [0.15, 0.2) is 6.20 Å². The van der Waals surface area contributed by atoms with Gasteiger partial charge >= 0.3 is 0 Å². The molecule has 0 bridgehead atoms. The molecule has 1 aromatic rings. The zero-order valence-corrected chi connectivity index (χ0v) is 10.7. The summed E-state index contributed by atoms with van der Waals surface area (Å²) in [5.74, 6) is -0.713. The number of amides is 2. The second-order valence-corrected chi connectivity index (χ2v) is 4.95. The van der Waals surface area contributed by atoms with Crippen molar-refractivity contribution >= 4 is 23.3 Å². The second-order valence-electron chi connectivity index (χ2n) is 4.16. The van der Waals surface area contributed by atoms with Gasteiger partial charge in [-0.1, -0.05) is 4.49 Å². The first-order valence-electron chi connectivity index (χ1n) is 5.76. The Balaban J connectivity index is 2.13. The molecule has 0 radical (unpaired) electrons. The molecule has 18 heavy (non-hydrogen) atoms. The van der Waals surface area contributed by atoms with Crippen LogP contribution in [0.2, 0.25) is 0 Å². The molecular formula is C10H15N5O2S. The highest BCUT2D eigenvalue weighted by Crippen LogP contribution is 2.16. The number of carbonyl (C=O) groups excluding carboxylic acids is 2. The summed E-state index contributed by atoms with van der Waals surface area (Å²) >= 11 is 1.03. The van der Waals surface area contributed by atoms with Crippen molar-refractivity contribution in [2.24, 2.45) is 5.73 Å². The van der Waals surface area contributed by atoms with Gasteiger partial charge in [0.25, 0.3) is 5.91 Å². The molecule has 0 unspecified atom stereocenters. The number of rotatable bonds is 4. The minimum absolute atomic E-state index is 0.0494. The van der Waals surface area contributed by atoms with Crippen LogP contribution >= 0.6 is 11.5 Å². The summed E-state index contributed by atoms with van der Waals surface area (Å²) < 4.78 is 3.67. The summed E-state index contributed by atoms with van der Waals surface area (Å²) in [5.41, 5.74) is 5.21. The zero-order valence-electron chi connectivity index (χ0n) is 9.83. The van der Waals surface area contributed by atoms with Gasteiger partial charge in [0.05, 0.1) is 12.7 Å². The molecule has 3 N–H and O–H groups in total. The number of nitrogens with zero attached hydrogens (tertiary/aromatic N) is 3. The molecule has 1 aromatic heterocycles. The van der Waals surface area contributed by atoms with Crippen LogP contribution in [0.3, 0.4) is 0 Å². The molecule has 0 spiro atoms. The van der Waals surface area contributed by atoms with Crippen molar-refractivity contribution in [2.45, 2.75) is 18.9 Å². The van der Waals surface area contributed by atoms with Crippen LogP contribution in [-0.2, 0) is 4.79 Å². The maximum absolute atomic E-state index is 12.3. The second kappa shape index (κ2) is 5.87. The van der Waals surface area contributed by atoms with E-state index in [4.69, 9.17) is 5.73 Å². The van der Waals surface area contributed by atoms with Crippen molar-refractivity contribution < 1.29 is 9.59 Å². The van der Waals surface area contributed by atoms with Crippen LogP contribution in [0.25, 0.3) is 0 Å². The molecule has 1 fully saturated rings. The van der Waals surface area contributed by atoms with Crippen molar-refractivity contribution in [3.63, 3.8) is 0 Å². The third-order valence-corrected chi connectivity index (χ3v) is 3.56. The van der Waals surface area contributed by atoms with Gasteiger partial charge in [-0.3, -0.25) is 9.59 Å². The number of hydrogen-bond donors (Lipinski definition) is 2. The minimum Gasteiger partial charge on any atom is -0.368 e. The Bertz CT molecular complexity index is 416. The van der Waals surface area contributed by atoms with Gasteiger partial charge < -0.3 is 16.0 Å². The van der Waals surface area contributed by atoms with E-state index in [1.807, 2.05) is 0 Å². The quantitative estimate of drug-likeness (QED) is 0.746. The van der Waals surface area contributed by atoms with Gasteiger partial charge in [-0.2, -0.15) is 0 Å². The topological polar surface area (TPSA) is 101 Å². The monoisotopic (exact) mass is 269 g/mol. The number of nitrogens with one attached hydrogen (secondary N) is 1. The number of nitrogens with two attached hydrogens (primary N) is 1. The number of carbonyl (C=O) groups is 2. The number of hydrogen-bond acceptors (Lipinski definition) is 6. The lowest BCUT2D eigenvalue weighted by Crippen LogP contribution is -2.49. The first-order chi connectivity index (χ1) is 8.68. The summed E-state index contributed by atoms with van der Waals surface area (Å²) in [6.07, 6.45) is 3.07. The molecule has 7 nitrogen and oxygen atoms in total. The maximum atomic E-state index is 12.3. The Morgan fingerprint density at radius 3 is 2.78 bits per heavy atom. The normalized spacial score (nSPS) is 16.4. The predicted molar refractivity (Wildman–Crippen MR) is 66.0 cm³/mol. The van der Waals surface area contributed by atoms with Gasteiger partial charge in [-0.25, -0.2) is 0 Å². The summed E-state index contributed by atoms with van der Waals surface area (Å²) in [6, 6.07) is 0.0494. The highest BCUT2D eigenvalue weighted by molar-refractivity contribution is 7.07. The summed E-state index contributed by atoms with van der Waals surface area (Å²) in [6.45, 7) is 1.63. The standard InChI is InChI=1S/C10H15N5O2S/c11-9(16)6-15(7-1-3-12-4-2-7)10(17)8-5-13-14-18-8/h5,7,12H,1-4,6H2,(H2,11,16). The fraction of sp³-hybridized carbons (Fsp3) is 0.600. The van der Waals surface area contributed by atoms with E-state index in [-0.39, 0.29) is 18.5 Å². The van der Waals surface area contributed by atoms with Gasteiger partial charge in [0, 0.05) is 6.04 Å². The molecule has 1 saturated heterocycles. The average molecular weight is 269 g/mol. The predicted octanol–water partition coefficient (Wildman–Crippen LogP) is -0.782. The fourth-order valence-electron chi connectivity index (χ4n) is 2.06. The van der Waals surface area contributed by atoms with Crippen molar-refractivity contribution in [1.82, 2.24) is 19.8 Å². The molecule has 0 aliphatic carbocycles. The fourth-order valence-corrected chi connectivity index (χ4v) is 2.53. The third kappa shape index (κ3) is 3.02. The van der Waals surface area contributed by atoms with Crippen LogP contribution in [0.4, 0.5) is 0 Å². The summed E-state index contributed by atoms with van der Waals surface area (Å²) in [4.78, 5) is 25.4. The smallest absolute Gasteiger partial charge is 0.267 e. The molecule has 2 rings (SSSR count). The Morgan fingerprint density at radius 2 is 2.22 bits per heavy atom. The van der Waals surface area contributed by atoms with Crippen LogP contribution in [-0.4, -0.2) is 52.0 Å². The molecule has 0 atom stereocenters. The summed E-state index contributed by atoms with van der Waals surface area (Å²) in [5, 5.41) is 6.86. The lowest BCUT2D eigenvalue weighted by Gasteiger charge is -2.33. The minimum atomic E-state index is -0.501. The number of aromatic nitrogens is 2. The lowest BCUT2D eigenvalue weighted by molar-refractivity contribution is -0.119. The highest BCUT2D eigenvalue weighted by atomic mass is 32.1. The SMILES string of the molecule is NC(=O)CN(C(=O)c1cnns1)C1CCNCC1. The largest absolute Gasteiger partial charge is 0.368 e. The molecule has 2 amide bonds. The maximum Gasteiger partial charge on any atom is 0.267 e. The van der Waals surface area contributed by atoms with Crippen LogP contribution in [0, 0.1) is 0 Å². The number of primary amides is 1. The van der Waals surface area contributed by atoms with E-state index in [9.17, 15) is 9.59 Å². The molecule has 0 saturated carbocycles. The summed E-state index contributed by atoms with van der Waals surface area (Å²) in [7, 11) is 0. The van der Waals surface area contributed by atoms with Gasteiger partial charge in [0.2, 0.25) is 5.91 Å². The van der Waals surface area contributed by atoms with Crippen molar-refractivity contribution in [2.75, 3.05) is 19.6 Å². The van der Waals surface area contributed by atoms with E-state index < -0.39 is 5.91 Å². The van der Waals surface area contributed by atoms with E-state index in [0.717, 1.165) is 37.5 Å². The van der Waals surface area contributed by atoms with Gasteiger partial charge in [0.15, 0.2) is 0 Å². The van der Waals surface area contributed by atoms with E-state index in [1.54, 1.807) is 4.90 Å². The molecule has 98 valence electrons. The average Bonchev–Trinajstić information content (AvgIpc) is 2.90. The van der Waals surface area contributed by atoms with Crippen molar-refractivity contribution in [1.29, 1.82) is 0 Å². The number of piperidine rings is 1. The first kappa shape index (κ1) is 12.9. The van der Waals surface area contributed by atoms with Crippen LogP contribution in [0.5, 0.6) is 0 Å². The van der Waals surface area contributed by atoms with Gasteiger partial charge in [-0.05, 0) is 37.5 Å². The Morgan fingerprint density at radius 1 is 1.50 bits per heavy atom. The Hall–Kier alpha value is -1.54. The van der Waals surface area contributed by atoms with E-state index in [2.05, 4.69) is 14.9 Å². The molecular weight excluding hydrogens is 254 g/mol. The first-order valence-corrected chi connectivity index (χ1v) is 6.53.